The van der Waals surface area contributed by atoms with E-state index in [1.165, 1.54) is 14.2 Å². The van der Waals surface area contributed by atoms with Gasteiger partial charge in [0.1, 0.15) is 6.10 Å². The van der Waals surface area contributed by atoms with Crippen LogP contribution < -0.4 is 0 Å². The lowest BCUT2D eigenvalue weighted by molar-refractivity contribution is -0.175. The lowest BCUT2D eigenvalue weighted by atomic mass is 9.68. The third-order valence-electron chi connectivity index (χ3n) is 5.02. The molecule has 20 heavy (non-hydrogen) atoms. The summed E-state index contributed by atoms with van der Waals surface area (Å²) >= 11 is 0. The molecule has 0 N–H and O–H groups in total. The second kappa shape index (κ2) is 4.75. The van der Waals surface area contributed by atoms with E-state index in [9.17, 15) is 9.59 Å². The lowest BCUT2D eigenvalue weighted by Crippen LogP contribution is -2.48. The molecule has 0 saturated heterocycles. The van der Waals surface area contributed by atoms with Crippen LogP contribution in [0.15, 0.2) is 5.16 Å². The van der Waals surface area contributed by atoms with Gasteiger partial charge in [0.2, 0.25) is 0 Å². The van der Waals surface area contributed by atoms with Crippen LogP contribution in [0.3, 0.4) is 0 Å². The van der Waals surface area contributed by atoms with Crippen LogP contribution >= 0.6 is 0 Å². The van der Waals surface area contributed by atoms with Crippen molar-refractivity contribution in [3.05, 3.63) is 0 Å². The summed E-state index contributed by atoms with van der Waals surface area (Å²) in [7, 11) is 2.65. The molecule has 110 valence electrons. The number of esters is 2. The van der Waals surface area contributed by atoms with Gasteiger partial charge in [-0.15, -0.1) is 0 Å². The van der Waals surface area contributed by atoms with Crippen molar-refractivity contribution < 1.29 is 23.9 Å². The van der Waals surface area contributed by atoms with Gasteiger partial charge in [-0.2, -0.15) is 0 Å². The zero-order valence-corrected chi connectivity index (χ0v) is 11.8. The average Bonchev–Trinajstić information content (AvgIpc) is 3.00. The average molecular weight is 281 g/mol. The van der Waals surface area contributed by atoms with Crippen molar-refractivity contribution in [2.75, 3.05) is 14.2 Å². The molecule has 2 saturated carbocycles. The summed E-state index contributed by atoms with van der Waals surface area (Å²) < 4.78 is 9.90. The smallest absolute Gasteiger partial charge is 0.323 e. The summed E-state index contributed by atoms with van der Waals surface area (Å²) in [6, 6.07) is 0. The Morgan fingerprint density at radius 2 is 1.95 bits per heavy atom. The van der Waals surface area contributed by atoms with Crippen LogP contribution in [0.2, 0.25) is 0 Å². The van der Waals surface area contributed by atoms with Crippen molar-refractivity contribution in [2.24, 2.45) is 22.4 Å². The number of carbonyl (C=O) groups is 2. The molecule has 0 amide bonds. The van der Waals surface area contributed by atoms with Gasteiger partial charge < -0.3 is 14.3 Å². The van der Waals surface area contributed by atoms with E-state index >= 15 is 0 Å². The van der Waals surface area contributed by atoms with Crippen molar-refractivity contribution in [1.82, 2.24) is 0 Å². The van der Waals surface area contributed by atoms with Crippen LogP contribution in [0.4, 0.5) is 0 Å². The minimum atomic E-state index is -1.20. The molecule has 0 aromatic carbocycles. The van der Waals surface area contributed by atoms with Crippen molar-refractivity contribution >= 4 is 17.7 Å². The van der Waals surface area contributed by atoms with Gasteiger partial charge >= 0.3 is 11.9 Å². The van der Waals surface area contributed by atoms with E-state index in [4.69, 9.17) is 14.3 Å². The first-order chi connectivity index (χ1) is 9.65. The van der Waals surface area contributed by atoms with Gasteiger partial charge in [-0.3, -0.25) is 9.59 Å². The molecule has 2 fully saturated rings. The van der Waals surface area contributed by atoms with Gasteiger partial charge in [0.05, 0.1) is 19.9 Å². The molecule has 0 unspecified atom stereocenters. The first kappa shape index (κ1) is 13.4. The monoisotopic (exact) mass is 281 g/mol. The molecule has 1 aliphatic heterocycles. The van der Waals surface area contributed by atoms with Gasteiger partial charge in [-0.05, 0) is 38.0 Å². The topological polar surface area (TPSA) is 74.2 Å². The molecule has 3 rings (SSSR count). The number of hydrogen-bond acceptors (Lipinski definition) is 6. The molecule has 0 spiro atoms. The van der Waals surface area contributed by atoms with Gasteiger partial charge in [-0.1, -0.05) is 5.16 Å². The number of rotatable bonds is 2. The molecule has 1 heterocycles. The maximum atomic E-state index is 12.4. The number of carbonyl (C=O) groups excluding carboxylic acids is 2. The van der Waals surface area contributed by atoms with Crippen LogP contribution in [-0.2, 0) is 23.9 Å². The molecule has 0 aromatic heterocycles. The predicted molar refractivity (Wildman–Crippen MR) is 68.8 cm³/mol. The lowest BCUT2D eigenvalue weighted by Gasteiger charge is -2.34. The summed E-state index contributed by atoms with van der Waals surface area (Å²) in [5.74, 6) is -1.04. The highest BCUT2D eigenvalue weighted by Crippen LogP contribution is 2.53. The van der Waals surface area contributed by atoms with Gasteiger partial charge in [0, 0.05) is 5.92 Å². The summed E-state index contributed by atoms with van der Waals surface area (Å²) in [6.45, 7) is 0. The minimum Gasteiger partial charge on any atom is -0.468 e. The van der Waals surface area contributed by atoms with E-state index in [2.05, 4.69) is 5.16 Å². The van der Waals surface area contributed by atoms with Crippen LogP contribution in [0.5, 0.6) is 0 Å². The van der Waals surface area contributed by atoms with Crippen LogP contribution in [0.1, 0.15) is 32.1 Å². The maximum absolute atomic E-state index is 12.4. The Morgan fingerprint density at radius 3 is 2.60 bits per heavy atom. The standard InChI is InChI=1S/C14H19NO5/c1-18-12(16)14(13(17)19-2)7-3-4-9-11-8(14)5-6-10(11)20-15-9/h8,10-11H,3-7H2,1-2H3/t8-,10-,11-/m0/s1. The van der Waals surface area contributed by atoms with E-state index in [0.717, 1.165) is 25.0 Å². The summed E-state index contributed by atoms with van der Waals surface area (Å²) in [5, 5.41) is 4.15. The van der Waals surface area contributed by atoms with E-state index in [-0.39, 0.29) is 17.9 Å². The fourth-order valence-electron chi connectivity index (χ4n) is 4.18. The van der Waals surface area contributed by atoms with Crippen LogP contribution in [-0.4, -0.2) is 38.0 Å². The Labute approximate surface area is 117 Å². The molecule has 0 bridgehead atoms. The number of nitrogens with zero attached hydrogens (tertiary/aromatic N) is 1. The summed E-state index contributed by atoms with van der Waals surface area (Å²) in [5.41, 5.74) is -0.208. The molecule has 0 radical (unpaired) electrons. The highest BCUT2D eigenvalue weighted by molar-refractivity contribution is 6.02. The molecule has 6 nitrogen and oxygen atoms in total. The zero-order valence-electron chi connectivity index (χ0n) is 11.8. The van der Waals surface area contributed by atoms with Crippen molar-refractivity contribution in [3.8, 4) is 0 Å². The van der Waals surface area contributed by atoms with Gasteiger partial charge in [0.25, 0.3) is 0 Å². The molecular formula is C14H19NO5. The first-order valence-corrected chi connectivity index (χ1v) is 7.04. The normalized spacial score (nSPS) is 33.5. The Balaban J connectivity index is 2.06. The maximum Gasteiger partial charge on any atom is 0.323 e. The highest BCUT2D eigenvalue weighted by Gasteiger charge is 2.63. The summed E-state index contributed by atoms with van der Waals surface area (Å²) in [6.07, 6.45) is 3.52. The molecule has 6 heteroatoms. The van der Waals surface area contributed by atoms with Crippen LogP contribution in [0, 0.1) is 17.3 Å². The Hall–Kier alpha value is -1.59. The van der Waals surface area contributed by atoms with E-state index in [1.807, 2.05) is 0 Å². The SMILES string of the molecule is COC(=O)C1(C(=O)OC)CCCC2=NO[C@H]3CC[C@H]1[C@@H]23. The largest absolute Gasteiger partial charge is 0.468 e. The summed E-state index contributed by atoms with van der Waals surface area (Å²) in [4.78, 5) is 30.3. The van der Waals surface area contributed by atoms with Crippen LogP contribution in [0.25, 0.3) is 0 Å². The molecule has 0 aromatic rings. The van der Waals surface area contributed by atoms with Gasteiger partial charge in [-0.25, -0.2) is 0 Å². The fraction of sp³-hybridized carbons (Fsp3) is 0.786. The van der Waals surface area contributed by atoms with Crippen molar-refractivity contribution in [2.45, 2.75) is 38.2 Å². The zero-order chi connectivity index (χ0) is 14.3. The fourth-order valence-corrected chi connectivity index (χ4v) is 4.18. The second-order valence-corrected chi connectivity index (χ2v) is 5.74. The van der Waals surface area contributed by atoms with E-state index in [1.54, 1.807) is 0 Å². The quantitative estimate of drug-likeness (QED) is 0.563. The molecule has 3 aliphatic rings. The van der Waals surface area contributed by atoms with E-state index in [0.29, 0.717) is 12.8 Å². The van der Waals surface area contributed by atoms with Crippen molar-refractivity contribution in [1.29, 1.82) is 0 Å². The van der Waals surface area contributed by atoms with E-state index < -0.39 is 17.4 Å². The number of hydrogen-bond donors (Lipinski definition) is 0. The Morgan fingerprint density at radius 1 is 1.25 bits per heavy atom. The molecular weight excluding hydrogens is 262 g/mol. The third-order valence-corrected chi connectivity index (χ3v) is 5.02. The molecule has 2 aliphatic carbocycles. The third kappa shape index (κ3) is 1.60. The number of oxime groups is 1. The van der Waals surface area contributed by atoms with Gasteiger partial charge in [0.15, 0.2) is 5.41 Å². The minimum absolute atomic E-state index is 0.00165. The van der Waals surface area contributed by atoms with Crippen molar-refractivity contribution in [3.63, 3.8) is 0 Å². The Bertz CT molecular complexity index is 456. The molecule has 3 atom stereocenters. The number of ether oxygens (including phenoxy) is 2. The first-order valence-electron chi connectivity index (χ1n) is 7.04. The predicted octanol–water partition coefficient (Wildman–Crippen LogP) is 1.28. The highest BCUT2D eigenvalue weighted by atomic mass is 16.6. The number of methoxy groups -OCH3 is 2. The Kier molecular flexibility index (Phi) is 3.18. The second-order valence-electron chi connectivity index (χ2n) is 5.74.